The molecule has 6 heteroatoms. The second-order valence-corrected chi connectivity index (χ2v) is 6.09. The van der Waals surface area contributed by atoms with Crippen LogP contribution in [0.3, 0.4) is 0 Å². The fraction of sp³-hybridized carbons (Fsp3) is 0.692. The maximum Gasteiger partial charge on any atom is 0.224 e. The minimum Gasteiger partial charge on any atom is -0.366 e. The SMILES string of the molecule is CCCNc1ncc(F)c(NCC2CCCCS2)n1. The lowest BCUT2D eigenvalue weighted by Crippen LogP contribution is -2.21. The smallest absolute Gasteiger partial charge is 0.224 e. The molecule has 4 nitrogen and oxygen atoms in total. The summed E-state index contributed by atoms with van der Waals surface area (Å²) >= 11 is 1.96. The third-order valence-electron chi connectivity index (χ3n) is 3.05. The fourth-order valence-electron chi connectivity index (χ4n) is 1.99. The summed E-state index contributed by atoms with van der Waals surface area (Å²) in [5, 5.41) is 6.74. The fourth-order valence-corrected chi connectivity index (χ4v) is 3.23. The first kappa shape index (κ1) is 14.4. The molecule has 1 aliphatic heterocycles. The third kappa shape index (κ3) is 4.53. The van der Waals surface area contributed by atoms with Gasteiger partial charge < -0.3 is 10.6 Å². The molecule has 0 radical (unpaired) electrons. The van der Waals surface area contributed by atoms with Crippen molar-refractivity contribution in [3.05, 3.63) is 12.0 Å². The molecule has 0 amide bonds. The number of aromatic nitrogens is 2. The number of hydrogen-bond acceptors (Lipinski definition) is 5. The summed E-state index contributed by atoms with van der Waals surface area (Å²) in [5.41, 5.74) is 0. The maximum atomic E-state index is 13.6. The largest absolute Gasteiger partial charge is 0.366 e. The Morgan fingerprint density at radius 3 is 3.05 bits per heavy atom. The topological polar surface area (TPSA) is 49.8 Å². The lowest BCUT2D eigenvalue weighted by atomic mass is 10.2. The van der Waals surface area contributed by atoms with Gasteiger partial charge in [0.15, 0.2) is 11.6 Å². The number of rotatable bonds is 6. The first-order valence-electron chi connectivity index (χ1n) is 6.91. The molecule has 1 aromatic rings. The third-order valence-corrected chi connectivity index (χ3v) is 4.45. The number of thioether (sulfide) groups is 1. The molecule has 1 fully saturated rings. The molecule has 0 bridgehead atoms. The van der Waals surface area contributed by atoms with Crippen LogP contribution in [-0.2, 0) is 0 Å². The van der Waals surface area contributed by atoms with Crippen molar-refractivity contribution in [3.8, 4) is 0 Å². The average molecular weight is 284 g/mol. The quantitative estimate of drug-likeness (QED) is 0.840. The summed E-state index contributed by atoms with van der Waals surface area (Å²) < 4.78 is 13.6. The van der Waals surface area contributed by atoms with Crippen molar-refractivity contribution in [2.75, 3.05) is 29.5 Å². The van der Waals surface area contributed by atoms with Crippen molar-refractivity contribution in [1.29, 1.82) is 0 Å². The molecule has 0 spiro atoms. The maximum absolute atomic E-state index is 13.6. The van der Waals surface area contributed by atoms with Gasteiger partial charge in [0.2, 0.25) is 5.95 Å². The number of hydrogen-bond donors (Lipinski definition) is 2. The van der Waals surface area contributed by atoms with Gasteiger partial charge in [-0.25, -0.2) is 9.37 Å². The molecule has 1 saturated heterocycles. The predicted molar refractivity (Wildman–Crippen MR) is 79.4 cm³/mol. The first-order valence-corrected chi connectivity index (χ1v) is 7.96. The van der Waals surface area contributed by atoms with Gasteiger partial charge in [-0.05, 0) is 25.0 Å². The van der Waals surface area contributed by atoms with Gasteiger partial charge in [0.05, 0.1) is 6.20 Å². The van der Waals surface area contributed by atoms with Gasteiger partial charge in [0.1, 0.15) is 0 Å². The molecule has 2 heterocycles. The standard InChI is InChI=1S/C13H21FN4S/c1-2-6-15-13-17-9-11(14)12(18-13)16-8-10-5-3-4-7-19-10/h9-10H,2-8H2,1H3,(H2,15,16,17,18). The van der Waals surface area contributed by atoms with Gasteiger partial charge in [-0.3, -0.25) is 0 Å². The highest BCUT2D eigenvalue weighted by molar-refractivity contribution is 7.99. The van der Waals surface area contributed by atoms with Crippen LogP contribution in [0.2, 0.25) is 0 Å². The zero-order chi connectivity index (χ0) is 13.5. The molecule has 2 N–H and O–H groups in total. The van der Waals surface area contributed by atoms with Crippen molar-refractivity contribution in [2.24, 2.45) is 0 Å². The zero-order valence-corrected chi connectivity index (χ0v) is 12.1. The van der Waals surface area contributed by atoms with Gasteiger partial charge in [-0.2, -0.15) is 16.7 Å². The predicted octanol–water partition coefficient (Wildman–Crippen LogP) is 3.14. The lowest BCUT2D eigenvalue weighted by molar-refractivity contribution is 0.614. The Bertz CT molecular complexity index is 396. The second-order valence-electron chi connectivity index (χ2n) is 4.69. The van der Waals surface area contributed by atoms with Crippen LogP contribution < -0.4 is 10.6 Å². The summed E-state index contributed by atoms with van der Waals surface area (Å²) in [5.74, 6) is 1.62. The van der Waals surface area contributed by atoms with Gasteiger partial charge >= 0.3 is 0 Å². The monoisotopic (exact) mass is 284 g/mol. The normalized spacial score (nSPS) is 19.2. The number of halogens is 1. The van der Waals surface area contributed by atoms with Crippen molar-refractivity contribution >= 4 is 23.5 Å². The van der Waals surface area contributed by atoms with Gasteiger partial charge in [-0.1, -0.05) is 13.3 Å². The molecule has 19 heavy (non-hydrogen) atoms. The van der Waals surface area contributed by atoms with Gasteiger partial charge in [-0.15, -0.1) is 0 Å². The minimum atomic E-state index is -0.386. The van der Waals surface area contributed by atoms with Crippen LogP contribution in [0.15, 0.2) is 6.20 Å². The van der Waals surface area contributed by atoms with E-state index in [1.54, 1.807) is 0 Å². The van der Waals surface area contributed by atoms with Crippen LogP contribution in [0.5, 0.6) is 0 Å². The van der Waals surface area contributed by atoms with E-state index in [1.807, 2.05) is 11.8 Å². The van der Waals surface area contributed by atoms with Gasteiger partial charge in [0, 0.05) is 18.3 Å². The molecule has 2 rings (SSSR count). The van der Waals surface area contributed by atoms with E-state index < -0.39 is 0 Å². The Labute approximate surface area is 118 Å². The second kappa shape index (κ2) is 7.53. The van der Waals surface area contributed by atoms with Crippen molar-refractivity contribution < 1.29 is 4.39 Å². The summed E-state index contributed by atoms with van der Waals surface area (Å²) in [6, 6.07) is 0. The van der Waals surface area contributed by atoms with Crippen molar-refractivity contribution in [3.63, 3.8) is 0 Å². The molecule has 106 valence electrons. The molecule has 1 aromatic heterocycles. The Hall–Kier alpha value is -1.04. The van der Waals surface area contributed by atoms with Crippen LogP contribution in [0, 0.1) is 5.82 Å². The molecular weight excluding hydrogens is 263 g/mol. The van der Waals surface area contributed by atoms with Crippen LogP contribution in [-0.4, -0.2) is 34.1 Å². The first-order chi connectivity index (χ1) is 9.29. The van der Waals surface area contributed by atoms with Crippen molar-refractivity contribution in [1.82, 2.24) is 9.97 Å². The van der Waals surface area contributed by atoms with E-state index in [9.17, 15) is 4.39 Å². The Morgan fingerprint density at radius 2 is 2.32 bits per heavy atom. The van der Waals surface area contributed by atoms with E-state index in [-0.39, 0.29) is 5.82 Å². The summed E-state index contributed by atoms with van der Waals surface area (Å²) in [6.45, 7) is 3.63. The van der Waals surface area contributed by atoms with Gasteiger partial charge in [0.25, 0.3) is 0 Å². The Kier molecular flexibility index (Phi) is 5.69. The van der Waals surface area contributed by atoms with Crippen molar-refractivity contribution in [2.45, 2.75) is 37.9 Å². The molecule has 1 aliphatic rings. The molecular formula is C13H21FN4S. The summed E-state index contributed by atoms with van der Waals surface area (Å²) in [6.07, 6.45) is 5.98. The summed E-state index contributed by atoms with van der Waals surface area (Å²) in [4.78, 5) is 8.11. The van der Waals surface area contributed by atoms with Crippen LogP contribution in [0.25, 0.3) is 0 Å². The van der Waals surface area contributed by atoms with E-state index in [2.05, 4.69) is 27.5 Å². The van der Waals surface area contributed by atoms with E-state index in [4.69, 9.17) is 0 Å². The molecule has 1 unspecified atom stereocenters. The average Bonchev–Trinajstić information content (AvgIpc) is 2.46. The van der Waals surface area contributed by atoms with Crippen LogP contribution in [0.1, 0.15) is 32.6 Å². The lowest BCUT2D eigenvalue weighted by Gasteiger charge is -2.21. The molecule has 0 aliphatic carbocycles. The molecule has 0 saturated carbocycles. The summed E-state index contributed by atoms with van der Waals surface area (Å²) in [7, 11) is 0. The molecule has 1 atom stereocenters. The van der Waals surface area contributed by atoms with E-state index in [0.717, 1.165) is 19.5 Å². The number of nitrogens with zero attached hydrogens (tertiary/aromatic N) is 2. The zero-order valence-electron chi connectivity index (χ0n) is 11.3. The Morgan fingerprint density at radius 1 is 1.42 bits per heavy atom. The van der Waals surface area contributed by atoms with Crippen LogP contribution >= 0.6 is 11.8 Å². The highest BCUT2D eigenvalue weighted by atomic mass is 32.2. The van der Waals surface area contributed by atoms with Crippen LogP contribution in [0.4, 0.5) is 16.2 Å². The van der Waals surface area contributed by atoms with E-state index in [1.165, 1.54) is 31.2 Å². The number of nitrogens with one attached hydrogen (secondary N) is 2. The highest BCUT2D eigenvalue weighted by Crippen LogP contribution is 2.25. The number of anilines is 2. The van der Waals surface area contributed by atoms with E-state index in [0.29, 0.717) is 17.0 Å². The minimum absolute atomic E-state index is 0.305. The highest BCUT2D eigenvalue weighted by Gasteiger charge is 2.15. The Balaban J connectivity index is 1.90. The van der Waals surface area contributed by atoms with E-state index >= 15 is 0 Å². The molecule has 0 aromatic carbocycles.